The lowest BCUT2D eigenvalue weighted by Crippen LogP contribution is -2.38. The molecule has 0 N–H and O–H groups in total. The lowest BCUT2D eigenvalue weighted by molar-refractivity contribution is -0.107. The third-order valence-corrected chi connectivity index (χ3v) is 5.03. The third kappa shape index (κ3) is 3.05. The molecule has 7 heteroatoms. The summed E-state index contributed by atoms with van der Waals surface area (Å²) in [5.74, 6) is -2.28. The van der Waals surface area contributed by atoms with Crippen molar-refractivity contribution in [3.63, 3.8) is 0 Å². The van der Waals surface area contributed by atoms with Crippen LogP contribution in [0.1, 0.15) is 43.3 Å². The highest BCUT2D eigenvalue weighted by atomic mass is 35.5. The Bertz CT molecular complexity index is 735. The van der Waals surface area contributed by atoms with Crippen LogP contribution in [0, 0.1) is 0 Å². The molecule has 0 amide bonds. The Morgan fingerprint density at radius 3 is 2.58 bits per heavy atom. The van der Waals surface area contributed by atoms with Gasteiger partial charge in [-0.1, -0.05) is 11.6 Å². The van der Waals surface area contributed by atoms with E-state index >= 15 is 0 Å². The summed E-state index contributed by atoms with van der Waals surface area (Å²) in [6.07, 6.45) is 4.76. The second kappa shape index (κ2) is 6.08. The minimum atomic E-state index is -2.57. The predicted octanol–water partition coefficient (Wildman–Crippen LogP) is 4.46. The fourth-order valence-corrected chi connectivity index (χ4v) is 3.67. The quantitative estimate of drug-likeness (QED) is 0.817. The highest BCUT2D eigenvalue weighted by molar-refractivity contribution is 6.30. The number of hydrogen-bond donors (Lipinski definition) is 0. The lowest BCUT2D eigenvalue weighted by Gasteiger charge is -2.37. The second-order valence-electron chi connectivity index (χ2n) is 6.60. The zero-order valence-electron chi connectivity index (χ0n) is 13.1. The van der Waals surface area contributed by atoms with Crippen LogP contribution in [-0.4, -0.2) is 33.9 Å². The van der Waals surface area contributed by atoms with Crippen LogP contribution in [0.3, 0.4) is 0 Å². The van der Waals surface area contributed by atoms with E-state index in [2.05, 4.69) is 10.1 Å². The van der Waals surface area contributed by atoms with Crippen molar-refractivity contribution in [2.75, 3.05) is 13.2 Å². The maximum absolute atomic E-state index is 13.3. The van der Waals surface area contributed by atoms with Gasteiger partial charge in [0.15, 0.2) is 0 Å². The summed E-state index contributed by atoms with van der Waals surface area (Å²) >= 11 is 6.02. The molecule has 0 atom stereocenters. The number of pyridine rings is 1. The van der Waals surface area contributed by atoms with Crippen molar-refractivity contribution < 1.29 is 13.5 Å². The zero-order chi connectivity index (χ0) is 16.7. The van der Waals surface area contributed by atoms with Gasteiger partial charge in [0.25, 0.3) is 5.92 Å². The van der Waals surface area contributed by atoms with E-state index in [1.54, 1.807) is 18.5 Å². The first-order valence-corrected chi connectivity index (χ1v) is 8.55. The van der Waals surface area contributed by atoms with E-state index in [4.69, 9.17) is 16.3 Å². The summed E-state index contributed by atoms with van der Waals surface area (Å²) in [6, 6.07) is 3.56. The predicted molar refractivity (Wildman–Crippen MR) is 86.5 cm³/mol. The molecule has 2 aliphatic rings. The van der Waals surface area contributed by atoms with Gasteiger partial charge < -0.3 is 4.74 Å². The van der Waals surface area contributed by atoms with Crippen molar-refractivity contribution in [3.05, 3.63) is 35.2 Å². The van der Waals surface area contributed by atoms with Gasteiger partial charge in [0.05, 0.1) is 16.8 Å². The monoisotopic (exact) mass is 353 g/mol. The summed E-state index contributed by atoms with van der Waals surface area (Å²) in [7, 11) is 0. The normalized spacial score (nSPS) is 21.6. The molecule has 24 heavy (non-hydrogen) atoms. The van der Waals surface area contributed by atoms with Gasteiger partial charge >= 0.3 is 0 Å². The van der Waals surface area contributed by atoms with Crippen LogP contribution in [0.2, 0.25) is 5.02 Å². The summed E-state index contributed by atoms with van der Waals surface area (Å²) in [5.41, 5.74) is 2.57. The van der Waals surface area contributed by atoms with E-state index in [-0.39, 0.29) is 18.9 Å². The largest absolute Gasteiger partial charge is 0.381 e. The summed E-state index contributed by atoms with van der Waals surface area (Å²) < 4.78 is 33.9. The van der Waals surface area contributed by atoms with Crippen LogP contribution in [0.4, 0.5) is 8.78 Å². The molecule has 2 aromatic heterocycles. The molecule has 3 heterocycles. The topological polar surface area (TPSA) is 39.9 Å². The molecule has 0 unspecified atom stereocenters. The van der Waals surface area contributed by atoms with Crippen LogP contribution < -0.4 is 0 Å². The number of rotatable bonds is 3. The van der Waals surface area contributed by atoms with Gasteiger partial charge in [-0.05, 0) is 25.0 Å². The highest BCUT2D eigenvalue weighted by Gasteiger charge is 2.47. The number of nitrogens with zero attached hydrogens (tertiary/aromatic N) is 3. The highest BCUT2D eigenvalue weighted by Crippen LogP contribution is 2.47. The molecule has 0 bridgehead atoms. The van der Waals surface area contributed by atoms with Gasteiger partial charge in [0.1, 0.15) is 0 Å². The van der Waals surface area contributed by atoms with E-state index < -0.39 is 5.92 Å². The molecule has 1 aliphatic heterocycles. The molecule has 1 saturated carbocycles. The molecule has 1 saturated heterocycles. The van der Waals surface area contributed by atoms with Gasteiger partial charge in [-0.3, -0.25) is 9.67 Å². The fraction of sp³-hybridized carbons (Fsp3) is 0.529. The molecule has 0 radical (unpaired) electrons. The molecule has 4 nitrogen and oxygen atoms in total. The van der Waals surface area contributed by atoms with Gasteiger partial charge in [-0.15, -0.1) is 0 Å². The number of aromatic nitrogens is 3. The van der Waals surface area contributed by atoms with Crippen LogP contribution in [-0.2, 0) is 4.74 Å². The Morgan fingerprint density at radius 1 is 1.17 bits per heavy atom. The summed E-state index contributed by atoms with van der Waals surface area (Å²) in [4.78, 5) is 4.09. The van der Waals surface area contributed by atoms with Crippen LogP contribution in [0.15, 0.2) is 24.5 Å². The zero-order valence-corrected chi connectivity index (χ0v) is 13.8. The summed E-state index contributed by atoms with van der Waals surface area (Å²) in [5, 5.41) is 5.16. The van der Waals surface area contributed by atoms with Crippen molar-refractivity contribution in [1.82, 2.24) is 14.8 Å². The van der Waals surface area contributed by atoms with Crippen LogP contribution in [0.25, 0.3) is 11.3 Å². The fourth-order valence-electron chi connectivity index (χ4n) is 3.50. The van der Waals surface area contributed by atoms with Gasteiger partial charge in [-0.2, -0.15) is 5.10 Å². The Kier molecular flexibility index (Phi) is 4.04. The van der Waals surface area contributed by atoms with Crippen LogP contribution in [0.5, 0.6) is 0 Å². The minimum Gasteiger partial charge on any atom is -0.381 e. The number of ether oxygens (including phenoxy) is 1. The molecule has 2 aromatic rings. The number of halogens is 3. The molecule has 128 valence electrons. The van der Waals surface area contributed by atoms with E-state index in [0.29, 0.717) is 24.2 Å². The number of hydrogen-bond acceptors (Lipinski definition) is 3. The average molecular weight is 354 g/mol. The van der Waals surface area contributed by atoms with E-state index in [1.165, 1.54) is 0 Å². The average Bonchev–Trinajstić information content (AvgIpc) is 2.98. The van der Waals surface area contributed by atoms with Crippen molar-refractivity contribution in [3.8, 4) is 11.3 Å². The van der Waals surface area contributed by atoms with Crippen molar-refractivity contribution in [2.24, 2.45) is 0 Å². The van der Waals surface area contributed by atoms with Crippen molar-refractivity contribution >= 4 is 11.6 Å². The molecule has 0 spiro atoms. The first-order chi connectivity index (χ1) is 11.5. The molecule has 2 fully saturated rings. The van der Waals surface area contributed by atoms with E-state index in [1.807, 2.05) is 10.7 Å². The molecular weight excluding hydrogens is 336 g/mol. The smallest absolute Gasteiger partial charge is 0.252 e. The standard InChI is InChI=1S/C17H18ClF2N3O/c18-13-5-12(9-21-10-13)15-6-16(11-1-3-24-4-2-11)23(22-15)14-7-17(19,20)8-14/h5-6,9-11,14H,1-4,7-8H2. The molecule has 0 aromatic carbocycles. The van der Waals surface area contributed by atoms with Gasteiger partial charge in [0.2, 0.25) is 0 Å². The minimum absolute atomic E-state index is 0.141. The molecule has 4 rings (SSSR count). The van der Waals surface area contributed by atoms with Crippen molar-refractivity contribution in [2.45, 2.75) is 43.6 Å². The maximum atomic E-state index is 13.3. The van der Waals surface area contributed by atoms with Crippen LogP contribution >= 0.6 is 11.6 Å². The third-order valence-electron chi connectivity index (χ3n) is 4.82. The first-order valence-electron chi connectivity index (χ1n) is 8.18. The van der Waals surface area contributed by atoms with Gasteiger partial charge in [-0.25, -0.2) is 8.78 Å². The Balaban J connectivity index is 1.70. The number of alkyl halides is 2. The van der Waals surface area contributed by atoms with Crippen molar-refractivity contribution in [1.29, 1.82) is 0 Å². The Morgan fingerprint density at radius 2 is 1.92 bits per heavy atom. The summed E-state index contributed by atoms with van der Waals surface area (Å²) in [6.45, 7) is 1.40. The molecular formula is C17H18ClF2N3O. The molecule has 1 aliphatic carbocycles. The first kappa shape index (κ1) is 16.0. The lowest BCUT2D eigenvalue weighted by atomic mass is 9.87. The Labute approximate surface area is 143 Å². The maximum Gasteiger partial charge on any atom is 0.252 e. The second-order valence-corrected chi connectivity index (χ2v) is 7.03. The van der Waals surface area contributed by atoms with E-state index in [0.717, 1.165) is 29.8 Å². The Hall–Kier alpha value is -1.53. The SMILES string of the molecule is FC1(F)CC(n2nc(-c3cncc(Cl)c3)cc2C2CCOCC2)C1. The van der Waals surface area contributed by atoms with E-state index in [9.17, 15) is 8.78 Å². The van der Waals surface area contributed by atoms with Gasteiger partial charge in [0, 0.05) is 55.6 Å².